The molecule has 1 unspecified atom stereocenters. The van der Waals surface area contributed by atoms with Crippen molar-refractivity contribution in [2.75, 3.05) is 0 Å². The maximum atomic E-state index is 13.0. The van der Waals surface area contributed by atoms with Gasteiger partial charge in [-0.15, -0.1) is 0 Å². The lowest BCUT2D eigenvalue weighted by Crippen LogP contribution is -2.19. The Morgan fingerprint density at radius 2 is 1.95 bits per heavy atom. The van der Waals surface area contributed by atoms with Crippen LogP contribution < -0.4 is 0 Å². The van der Waals surface area contributed by atoms with Crippen LogP contribution in [0.25, 0.3) is 0 Å². The van der Waals surface area contributed by atoms with Crippen molar-refractivity contribution in [2.45, 2.75) is 18.8 Å². The minimum Gasteiger partial charge on any atom is -0.379 e. The molecule has 20 heavy (non-hydrogen) atoms. The van der Waals surface area contributed by atoms with E-state index in [1.165, 1.54) is 41.2 Å². The van der Waals surface area contributed by atoms with Crippen LogP contribution >= 0.6 is 11.6 Å². The van der Waals surface area contributed by atoms with Crippen LogP contribution in [-0.4, -0.2) is 15.8 Å². The van der Waals surface area contributed by atoms with Crippen LogP contribution in [0.5, 0.6) is 0 Å². The monoisotopic (exact) mass is 307 g/mol. The van der Waals surface area contributed by atoms with Crippen molar-refractivity contribution < 1.29 is 22.7 Å². The fourth-order valence-electron chi connectivity index (χ4n) is 1.76. The van der Waals surface area contributed by atoms with Gasteiger partial charge >= 0.3 is 6.18 Å². The van der Waals surface area contributed by atoms with E-state index >= 15 is 0 Å². The summed E-state index contributed by atoms with van der Waals surface area (Å²) in [6.07, 6.45) is -4.62. The van der Waals surface area contributed by atoms with E-state index in [0.29, 0.717) is 5.56 Å². The number of alkyl halides is 3. The van der Waals surface area contributed by atoms with Crippen LogP contribution in [0, 0.1) is 5.82 Å². The molecule has 1 atom stereocenters. The van der Waals surface area contributed by atoms with Crippen molar-refractivity contribution in [2.24, 2.45) is 0 Å². The highest BCUT2D eigenvalue weighted by Crippen LogP contribution is 2.32. The van der Waals surface area contributed by atoms with E-state index in [-0.39, 0.29) is 17.1 Å². The number of rotatable bonds is 3. The molecule has 7 heteroatoms. The number of aliphatic hydroxyl groups is 1. The Bertz CT molecular complexity index is 609. The number of hydrogen-bond donors (Lipinski definition) is 1. The number of hydrogen-bond acceptors (Lipinski definition) is 1. The van der Waals surface area contributed by atoms with Crippen LogP contribution in [-0.2, 0) is 6.54 Å². The first kappa shape index (κ1) is 14.9. The average molecular weight is 308 g/mol. The molecule has 2 rings (SSSR count). The lowest BCUT2D eigenvalue weighted by molar-refractivity contribution is -0.206. The van der Waals surface area contributed by atoms with Gasteiger partial charge < -0.3 is 9.67 Å². The Morgan fingerprint density at radius 3 is 2.55 bits per heavy atom. The van der Waals surface area contributed by atoms with Crippen LogP contribution in [0.4, 0.5) is 17.6 Å². The first-order valence-corrected chi connectivity index (χ1v) is 5.99. The Morgan fingerprint density at radius 1 is 1.25 bits per heavy atom. The second-order valence-corrected chi connectivity index (χ2v) is 4.72. The van der Waals surface area contributed by atoms with Crippen molar-refractivity contribution in [1.29, 1.82) is 0 Å². The van der Waals surface area contributed by atoms with E-state index < -0.39 is 18.1 Å². The van der Waals surface area contributed by atoms with Gasteiger partial charge in [-0.25, -0.2) is 4.39 Å². The minimum absolute atomic E-state index is 0.0507. The van der Waals surface area contributed by atoms with Crippen LogP contribution in [0.15, 0.2) is 36.7 Å². The molecule has 0 aliphatic rings. The van der Waals surface area contributed by atoms with Gasteiger partial charge in [0.1, 0.15) is 5.82 Å². The molecule has 1 aromatic carbocycles. The lowest BCUT2D eigenvalue weighted by Gasteiger charge is -2.12. The van der Waals surface area contributed by atoms with Crippen molar-refractivity contribution in [3.63, 3.8) is 0 Å². The zero-order valence-electron chi connectivity index (χ0n) is 10.0. The smallest absolute Gasteiger partial charge is 0.379 e. The number of benzene rings is 1. The summed E-state index contributed by atoms with van der Waals surface area (Å²) in [7, 11) is 0. The van der Waals surface area contributed by atoms with E-state index in [9.17, 15) is 17.6 Å². The molecule has 1 heterocycles. The summed E-state index contributed by atoms with van der Waals surface area (Å²) in [5.41, 5.74) is 0.394. The molecule has 0 aliphatic carbocycles. The molecular weight excluding hydrogens is 298 g/mol. The number of nitrogens with zero attached hydrogens (tertiary/aromatic N) is 1. The highest BCUT2D eigenvalue weighted by atomic mass is 35.5. The third kappa shape index (κ3) is 3.32. The normalized spacial score (nSPS) is 13.5. The molecule has 0 saturated heterocycles. The predicted molar refractivity (Wildman–Crippen MR) is 66.0 cm³/mol. The fourth-order valence-corrected chi connectivity index (χ4v) is 1.96. The first-order chi connectivity index (χ1) is 9.27. The molecule has 0 saturated carbocycles. The van der Waals surface area contributed by atoms with Gasteiger partial charge in [-0.05, 0) is 23.8 Å². The van der Waals surface area contributed by atoms with Crippen molar-refractivity contribution in [1.82, 2.24) is 4.57 Å². The van der Waals surface area contributed by atoms with Gasteiger partial charge in [-0.2, -0.15) is 13.2 Å². The molecular formula is C13H10ClF4NO. The zero-order chi connectivity index (χ0) is 14.9. The maximum absolute atomic E-state index is 13.0. The van der Waals surface area contributed by atoms with Gasteiger partial charge in [-0.1, -0.05) is 17.7 Å². The molecule has 1 N–H and O–H groups in total. The van der Waals surface area contributed by atoms with Crippen LogP contribution in [0.1, 0.15) is 17.2 Å². The first-order valence-electron chi connectivity index (χ1n) is 5.62. The molecule has 2 nitrogen and oxygen atoms in total. The summed E-state index contributed by atoms with van der Waals surface area (Å²) in [4.78, 5) is 0. The minimum atomic E-state index is -4.70. The molecule has 0 bridgehead atoms. The summed E-state index contributed by atoms with van der Waals surface area (Å²) in [5.74, 6) is -0.559. The molecule has 108 valence electrons. The van der Waals surface area contributed by atoms with Crippen molar-refractivity contribution >= 4 is 11.6 Å². The van der Waals surface area contributed by atoms with Crippen molar-refractivity contribution in [3.05, 3.63) is 58.6 Å². The predicted octanol–water partition coefficient (Wildman–Crippen LogP) is 3.92. The average Bonchev–Trinajstić information content (AvgIpc) is 2.80. The SMILES string of the molecule is OC(c1ccn(Cc2ccc(F)c(Cl)c2)c1)C(F)(F)F. The largest absolute Gasteiger partial charge is 0.418 e. The molecule has 0 spiro atoms. The third-order valence-electron chi connectivity index (χ3n) is 2.75. The summed E-state index contributed by atoms with van der Waals surface area (Å²) in [6.45, 7) is 0.227. The summed E-state index contributed by atoms with van der Waals surface area (Å²) >= 11 is 5.62. The number of halogens is 5. The standard InChI is InChI=1S/C13H10ClF4NO/c14-10-5-8(1-2-11(10)15)6-19-4-3-9(7-19)12(20)13(16,17)18/h1-5,7,12,20H,6H2. The van der Waals surface area contributed by atoms with Gasteiger partial charge in [0.25, 0.3) is 0 Å². The molecule has 0 aliphatic heterocycles. The van der Waals surface area contributed by atoms with Gasteiger partial charge in [0.2, 0.25) is 0 Å². The second-order valence-electron chi connectivity index (χ2n) is 4.31. The highest BCUT2D eigenvalue weighted by molar-refractivity contribution is 6.30. The topological polar surface area (TPSA) is 25.2 Å². The number of aliphatic hydroxyl groups excluding tert-OH is 1. The van der Waals surface area contributed by atoms with E-state index in [1.54, 1.807) is 0 Å². The van der Waals surface area contributed by atoms with Crippen LogP contribution in [0.2, 0.25) is 5.02 Å². The Balaban J connectivity index is 2.15. The fraction of sp³-hybridized carbons (Fsp3) is 0.231. The quantitative estimate of drug-likeness (QED) is 0.854. The van der Waals surface area contributed by atoms with E-state index in [1.807, 2.05) is 0 Å². The zero-order valence-corrected chi connectivity index (χ0v) is 10.8. The summed E-state index contributed by atoms with van der Waals surface area (Å²) in [5, 5.41) is 9.06. The molecule has 1 aromatic heterocycles. The highest BCUT2D eigenvalue weighted by Gasteiger charge is 2.39. The Labute approximate surface area is 117 Å². The molecule has 2 aromatic rings. The Kier molecular flexibility index (Phi) is 4.06. The second kappa shape index (κ2) is 5.46. The number of aromatic nitrogens is 1. The molecule has 0 radical (unpaired) electrons. The summed E-state index contributed by atoms with van der Waals surface area (Å²) < 4.78 is 51.5. The Hall–Kier alpha value is -1.53. The van der Waals surface area contributed by atoms with Crippen molar-refractivity contribution in [3.8, 4) is 0 Å². The maximum Gasteiger partial charge on any atom is 0.418 e. The lowest BCUT2D eigenvalue weighted by atomic mass is 10.2. The van der Waals surface area contributed by atoms with E-state index in [2.05, 4.69) is 0 Å². The van der Waals surface area contributed by atoms with E-state index in [4.69, 9.17) is 16.7 Å². The van der Waals surface area contributed by atoms with Crippen LogP contribution in [0.3, 0.4) is 0 Å². The van der Waals surface area contributed by atoms with Gasteiger partial charge in [0.15, 0.2) is 6.10 Å². The van der Waals surface area contributed by atoms with Gasteiger partial charge in [-0.3, -0.25) is 0 Å². The summed E-state index contributed by atoms with van der Waals surface area (Å²) in [6, 6.07) is 5.26. The molecule has 0 fully saturated rings. The molecule has 0 amide bonds. The third-order valence-corrected chi connectivity index (χ3v) is 3.04. The van der Waals surface area contributed by atoms with Gasteiger partial charge in [0.05, 0.1) is 5.02 Å². The van der Waals surface area contributed by atoms with E-state index in [0.717, 1.165) is 0 Å². The van der Waals surface area contributed by atoms with Gasteiger partial charge in [0, 0.05) is 24.5 Å².